The number of anilines is 3. The van der Waals surface area contributed by atoms with Crippen LogP contribution in [0.15, 0.2) is 59.3 Å². The average molecular weight is 511 g/mol. The van der Waals surface area contributed by atoms with Crippen molar-refractivity contribution in [1.82, 2.24) is 4.31 Å². The molecule has 10 nitrogen and oxygen atoms in total. The highest BCUT2D eigenvalue weighted by Crippen LogP contribution is 2.38. The summed E-state index contributed by atoms with van der Waals surface area (Å²) < 4.78 is 33.8. The van der Waals surface area contributed by atoms with Crippen molar-refractivity contribution < 1.29 is 27.5 Å². The molecule has 3 aliphatic heterocycles. The number of aldehydes is 1. The number of cyclic esters (lactones) is 1. The number of sulfonamides is 1. The number of fused-ring (bicyclic) bond motifs is 2. The topological polar surface area (TPSA) is 108 Å². The van der Waals surface area contributed by atoms with Gasteiger partial charge in [0.15, 0.2) is 6.29 Å². The van der Waals surface area contributed by atoms with Crippen molar-refractivity contribution in [2.75, 3.05) is 41.9 Å². The molecule has 36 heavy (non-hydrogen) atoms. The highest BCUT2D eigenvalue weighted by atomic mass is 32.2. The summed E-state index contributed by atoms with van der Waals surface area (Å²) in [7, 11) is -0.478. The number of para-hydroxylation sites is 1. The predicted octanol–water partition coefficient (Wildman–Crippen LogP) is 2.49. The van der Waals surface area contributed by atoms with Gasteiger partial charge in [0.05, 0.1) is 22.0 Å². The highest BCUT2D eigenvalue weighted by Gasteiger charge is 2.37. The van der Waals surface area contributed by atoms with E-state index < -0.39 is 21.9 Å². The normalized spacial score (nSPS) is 18.8. The molecule has 0 radical (unpaired) electrons. The van der Waals surface area contributed by atoms with Gasteiger partial charge in [-0.25, -0.2) is 13.2 Å². The smallest absolute Gasteiger partial charge is 0.414 e. The SMILES string of the molecule is CN1C=C(C(=O)C=O)N(C)c2cc(S(=O)(=O)N3CCC(N4C(=O)OCc5ccccc54)CC3)ccc21. The quantitative estimate of drug-likeness (QED) is 0.446. The Kier molecular flexibility index (Phi) is 6.05. The van der Waals surface area contributed by atoms with E-state index in [-0.39, 0.29) is 42.6 Å². The van der Waals surface area contributed by atoms with Crippen molar-refractivity contribution in [3.63, 3.8) is 0 Å². The number of likely N-dealkylation sites (N-methyl/N-ethyl adjacent to an activating group) is 1. The Hall–Kier alpha value is -3.70. The summed E-state index contributed by atoms with van der Waals surface area (Å²) >= 11 is 0. The van der Waals surface area contributed by atoms with Crippen molar-refractivity contribution in [2.24, 2.45) is 0 Å². The number of nitrogens with zero attached hydrogens (tertiary/aromatic N) is 4. The number of hydrogen-bond donors (Lipinski definition) is 0. The van der Waals surface area contributed by atoms with Crippen LogP contribution in [0.5, 0.6) is 0 Å². The minimum atomic E-state index is -3.83. The number of benzene rings is 2. The van der Waals surface area contributed by atoms with Crippen LogP contribution < -0.4 is 14.7 Å². The number of ketones is 1. The number of ether oxygens (including phenoxy) is 1. The lowest BCUT2D eigenvalue weighted by Gasteiger charge is -2.40. The third kappa shape index (κ3) is 3.94. The van der Waals surface area contributed by atoms with Gasteiger partial charge in [0.2, 0.25) is 15.8 Å². The van der Waals surface area contributed by atoms with Gasteiger partial charge in [-0.05, 0) is 37.1 Å². The molecular formula is C25H26N4O6S. The van der Waals surface area contributed by atoms with E-state index in [0.717, 1.165) is 11.3 Å². The molecule has 0 atom stereocenters. The van der Waals surface area contributed by atoms with E-state index in [1.807, 2.05) is 24.3 Å². The lowest BCUT2D eigenvalue weighted by atomic mass is 10.0. The molecule has 0 spiro atoms. The maximum Gasteiger partial charge on any atom is 0.414 e. The van der Waals surface area contributed by atoms with E-state index >= 15 is 0 Å². The van der Waals surface area contributed by atoms with Gasteiger partial charge in [0.25, 0.3) is 0 Å². The van der Waals surface area contributed by atoms with Gasteiger partial charge < -0.3 is 14.5 Å². The van der Waals surface area contributed by atoms with Crippen LogP contribution in [0.2, 0.25) is 0 Å². The number of hydrogen-bond acceptors (Lipinski definition) is 8. The first-order chi connectivity index (χ1) is 17.2. The molecule has 1 amide bonds. The van der Waals surface area contributed by atoms with E-state index in [2.05, 4.69) is 0 Å². The number of allylic oxidation sites excluding steroid dienone is 1. The fourth-order valence-corrected chi connectivity index (χ4v) is 6.49. The Morgan fingerprint density at radius 3 is 2.47 bits per heavy atom. The van der Waals surface area contributed by atoms with Crippen molar-refractivity contribution in [1.29, 1.82) is 0 Å². The first kappa shape index (κ1) is 24.0. The van der Waals surface area contributed by atoms with Crippen molar-refractivity contribution in [3.8, 4) is 0 Å². The molecule has 3 aliphatic rings. The minimum absolute atomic E-state index is 0.0995. The van der Waals surface area contributed by atoms with Gasteiger partial charge >= 0.3 is 6.09 Å². The second-order valence-electron chi connectivity index (χ2n) is 9.01. The van der Waals surface area contributed by atoms with Crippen LogP contribution in [-0.4, -0.2) is 64.1 Å². The molecule has 1 saturated heterocycles. The summed E-state index contributed by atoms with van der Waals surface area (Å²) in [5.41, 5.74) is 3.11. The Labute approximate surface area is 209 Å². The molecule has 5 rings (SSSR count). The van der Waals surface area contributed by atoms with Gasteiger partial charge in [-0.1, -0.05) is 18.2 Å². The van der Waals surface area contributed by atoms with Gasteiger partial charge in [-0.3, -0.25) is 14.5 Å². The van der Waals surface area contributed by atoms with E-state index in [1.165, 1.54) is 15.3 Å². The van der Waals surface area contributed by atoms with Gasteiger partial charge in [0, 0.05) is 45.0 Å². The third-order valence-corrected chi connectivity index (χ3v) is 8.85. The van der Waals surface area contributed by atoms with Crippen LogP contribution in [0, 0.1) is 0 Å². The van der Waals surface area contributed by atoms with Crippen LogP contribution >= 0.6 is 0 Å². The highest BCUT2D eigenvalue weighted by molar-refractivity contribution is 7.89. The van der Waals surface area contributed by atoms with E-state index in [9.17, 15) is 22.8 Å². The minimum Gasteiger partial charge on any atom is -0.444 e. The van der Waals surface area contributed by atoms with Crippen LogP contribution in [0.4, 0.5) is 21.9 Å². The van der Waals surface area contributed by atoms with Gasteiger partial charge in [0.1, 0.15) is 12.3 Å². The number of piperidine rings is 1. The maximum absolute atomic E-state index is 13.5. The fourth-order valence-electron chi connectivity index (χ4n) is 5.00. The van der Waals surface area contributed by atoms with E-state index in [4.69, 9.17) is 4.74 Å². The number of Topliss-reactive ketones (excluding diaryl/α,β-unsaturated/α-hetero) is 1. The van der Waals surface area contributed by atoms with Crippen molar-refractivity contribution in [2.45, 2.75) is 30.4 Å². The lowest BCUT2D eigenvalue weighted by molar-refractivity contribution is -0.127. The zero-order valence-corrected chi connectivity index (χ0v) is 20.8. The summed E-state index contributed by atoms with van der Waals surface area (Å²) in [6.45, 7) is 0.733. The number of amides is 1. The molecule has 188 valence electrons. The first-order valence-corrected chi connectivity index (χ1v) is 13.0. The fraction of sp³-hybridized carbons (Fsp3) is 0.320. The monoisotopic (exact) mass is 510 g/mol. The molecule has 0 aromatic heterocycles. The average Bonchev–Trinajstić information content (AvgIpc) is 2.90. The Balaban J connectivity index is 1.36. The predicted molar refractivity (Wildman–Crippen MR) is 133 cm³/mol. The molecule has 0 bridgehead atoms. The lowest BCUT2D eigenvalue weighted by Crippen LogP contribution is -2.50. The summed E-state index contributed by atoms with van der Waals surface area (Å²) in [5, 5.41) is 0. The molecule has 2 aromatic carbocycles. The second kappa shape index (κ2) is 9.07. The zero-order valence-electron chi connectivity index (χ0n) is 20.0. The number of rotatable bonds is 5. The Morgan fingerprint density at radius 2 is 1.75 bits per heavy atom. The third-order valence-electron chi connectivity index (χ3n) is 6.95. The molecule has 0 N–H and O–H groups in total. The molecule has 2 aromatic rings. The van der Waals surface area contributed by atoms with E-state index in [1.54, 1.807) is 42.2 Å². The van der Waals surface area contributed by atoms with Crippen LogP contribution in [0.3, 0.4) is 0 Å². The second-order valence-corrected chi connectivity index (χ2v) is 10.9. The Morgan fingerprint density at radius 1 is 1.03 bits per heavy atom. The molecule has 0 aliphatic carbocycles. The van der Waals surface area contributed by atoms with Crippen LogP contribution in [0.25, 0.3) is 0 Å². The standard InChI is InChI=1S/C25H26N4O6S/c1-26-14-23(24(31)15-30)27(2)22-13-19(7-8-21(22)26)36(33,34)28-11-9-18(10-12-28)29-20-6-4-3-5-17(20)16-35-25(29)32/h3-8,13-15,18H,9-12,16H2,1-2H3. The van der Waals surface area contributed by atoms with Crippen molar-refractivity contribution in [3.05, 3.63) is 59.9 Å². The van der Waals surface area contributed by atoms with Gasteiger partial charge in [-0.2, -0.15) is 4.31 Å². The molecule has 0 saturated carbocycles. The summed E-state index contributed by atoms with van der Waals surface area (Å²) in [5.74, 6) is -0.692. The largest absolute Gasteiger partial charge is 0.444 e. The first-order valence-electron chi connectivity index (χ1n) is 11.6. The molecule has 1 fully saturated rings. The molecule has 0 unspecified atom stereocenters. The van der Waals surface area contributed by atoms with Crippen molar-refractivity contribution >= 4 is 45.2 Å². The molecule has 11 heteroatoms. The zero-order chi connectivity index (χ0) is 25.6. The summed E-state index contributed by atoms with van der Waals surface area (Å²) in [6, 6.07) is 12.2. The molecule has 3 heterocycles. The van der Waals surface area contributed by atoms with Gasteiger partial charge in [-0.15, -0.1) is 0 Å². The maximum atomic E-state index is 13.5. The van der Waals surface area contributed by atoms with Crippen LogP contribution in [-0.2, 0) is 31.0 Å². The number of carbonyl (C=O) groups is 3. The Bertz CT molecular complexity index is 1380. The summed E-state index contributed by atoms with van der Waals surface area (Å²) in [4.78, 5) is 40.6. The molecular weight excluding hydrogens is 484 g/mol. The van der Waals surface area contributed by atoms with E-state index in [0.29, 0.717) is 24.2 Å². The van der Waals surface area contributed by atoms with Crippen LogP contribution in [0.1, 0.15) is 18.4 Å². The summed E-state index contributed by atoms with van der Waals surface area (Å²) in [6.07, 6.45) is 2.31. The number of carbonyl (C=O) groups excluding carboxylic acids is 3.